The molecule has 3 aromatic rings. The van der Waals surface area contributed by atoms with E-state index in [1.807, 2.05) is 35.2 Å². The van der Waals surface area contributed by atoms with Gasteiger partial charge in [0, 0.05) is 37.8 Å². The van der Waals surface area contributed by atoms with E-state index in [0.717, 1.165) is 21.8 Å². The summed E-state index contributed by atoms with van der Waals surface area (Å²) in [7, 11) is -1.32. The first-order chi connectivity index (χ1) is 12.0. The summed E-state index contributed by atoms with van der Waals surface area (Å²) in [4.78, 5) is 16.6. The maximum Gasteiger partial charge on any atom is 0.237 e. The zero-order valence-electron chi connectivity index (χ0n) is 13.3. The van der Waals surface area contributed by atoms with Gasteiger partial charge in [0.15, 0.2) is 0 Å². The lowest BCUT2D eigenvalue weighted by molar-refractivity contribution is -0.113. The number of thiophene rings is 1. The van der Waals surface area contributed by atoms with Crippen LogP contribution in [0.5, 0.6) is 0 Å². The second-order valence-corrected chi connectivity index (χ2v) is 8.92. The highest BCUT2D eigenvalue weighted by atomic mass is 35.5. The van der Waals surface area contributed by atoms with Gasteiger partial charge in [0.1, 0.15) is 10.8 Å². The van der Waals surface area contributed by atoms with Crippen molar-refractivity contribution in [3.63, 3.8) is 0 Å². The molecule has 0 aliphatic rings. The third kappa shape index (κ3) is 4.98. The minimum absolute atomic E-state index is 0.0722. The van der Waals surface area contributed by atoms with E-state index in [2.05, 4.69) is 10.3 Å². The zero-order chi connectivity index (χ0) is 17.8. The molecule has 8 heteroatoms. The van der Waals surface area contributed by atoms with Crippen LogP contribution < -0.4 is 5.32 Å². The number of aryl methyl sites for hydroxylation is 1. The van der Waals surface area contributed by atoms with Gasteiger partial charge in [-0.15, -0.1) is 11.3 Å². The van der Waals surface area contributed by atoms with E-state index in [4.69, 9.17) is 11.6 Å². The van der Waals surface area contributed by atoms with Gasteiger partial charge in [0.2, 0.25) is 5.91 Å². The zero-order valence-corrected chi connectivity index (χ0v) is 16.5. The van der Waals surface area contributed by atoms with Crippen LogP contribution in [0.3, 0.4) is 0 Å². The van der Waals surface area contributed by atoms with Crippen LogP contribution in [0.25, 0.3) is 10.6 Å². The Morgan fingerprint density at radius 3 is 2.92 bits per heavy atom. The van der Waals surface area contributed by atoms with Crippen molar-refractivity contribution in [1.82, 2.24) is 4.98 Å². The Kier molecular flexibility index (Phi) is 6.01. The number of hydrogen-bond donors (Lipinski definition) is 1. The summed E-state index contributed by atoms with van der Waals surface area (Å²) in [6.45, 7) is 1.88. The molecular formula is C17H15ClN2O2S3. The van der Waals surface area contributed by atoms with Crippen molar-refractivity contribution in [2.45, 2.75) is 12.7 Å². The Hall–Kier alpha value is -1.54. The van der Waals surface area contributed by atoms with Gasteiger partial charge in [-0.1, -0.05) is 17.7 Å². The minimum atomic E-state index is -1.32. The summed E-state index contributed by atoms with van der Waals surface area (Å²) in [6.07, 6.45) is 0. The first-order valence-electron chi connectivity index (χ1n) is 7.39. The Labute approximate surface area is 161 Å². The molecule has 0 aliphatic carbocycles. The van der Waals surface area contributed by atoms with E-state index >= 15 is 0 Å². The van der Waals surface area contributed by atoms with Crippen LogP contribution in [-0.4, -0.2) is 20.9 Å². The molecule has 3 rings (SSSR count). The number of halogens is 1. The predicted molar refractivity (Wildman–Crippen MR) is 107 cm³/mol. The lowest BCUT2D eigenvalue weighted by Gasteiger charge is -2.08. The molecule has 0 aliphatic heterocycles. The van der Waals surface area contributed by atoms with E-state index < -0.39 is 10.8 Å². The van der Waals surface area contributed by atoms with Crippen molar-refractivity contribution >= 4 is 56.7 Å². The van der Waals surface area contributed by atoms with E-state index in [9.17, 15) is 9.00 Å². The van der Waals surface area contributed by atoms with Gasteiger partial charge in [-0.25, -0.2) is 4.98 Å². The highest BCUT2D eigenvalue weighted by Gasteiger charge is 2.13. The molecule has 0 radical (unpaired) electrons. The van der Waals surface area contributed by atoms with E-state index in [-0.39, 0.29) is 17.4 Å². The van der Waals surface area contributed by atoms with E-state index in [0.29, 0.717) is 10.7 Å². The van der Waals surface area contributed by atoms with Crippen molar-refractivity contribution in [3.8, 4) is 10.6 Å². The van der Waals surface area contributed by atoms with Crippen LogP contribution in [0.4, 0.5) is 5.69 Å². The highest BCUT2D eigenvalue weighted by molar-refractivity contribution is 7.85. The summed E-state index contributed by atoms with van der Waals surface area (Å²) >= 11 is 9.07. The van der Waals surface area contributed by atoms with Crippen LogP contribution in [0, 0.1) is 6.92 Å². The fourth-order valence-corrected chi connectivity index (χ4v) is 4.92. The lowest BCUT2D eigenvalue weighted by atomic mass is 10.2. The number of nitrogens with one attached hydrogen (secondary N) is 1. The van der Waals surface area contributed by atoms with Crippen LogP contribution in [0.2, 0.25) is 5.02 Å². The number of hydrogen-bond acceptors (Lipinski definition) is 5. The topological polar surface area (TPSA) is 59.1 Å². The highest BCUT2D eigenvalue weighted by Crippen LogP contribution is 2.26. The largest absolute Gasteiger partial charge is 0.325 e. The average molecular weight is 411 g/mol. The minimum Gasteiger partial charge on any atom is -0.325 e. The molecule has 2 aromatic heterocycles. The average Bonchev–Trinajstić information content (AvgIpc) is 3.21. The molecule has 2 heterocycles. The number of nitrogens with zero attached hydrogens (tertiary/aromatic N) is 1. The quantitative estimate of drug-likeness (QED) is 0.639. The number of amides is 1. The van der Waals surface area contributed by atoms with Gasteiger partial charge >= 0.3 is 0 Å². The van der Waals surface area contributed by atoms with Crippen LogP contribution in [-0.2, 0) is 21.3 Å². The second kappa shape index (κ2) is 8.23. The van der Waals surface area contributed by atoms with Gasteiger partial charge in [-0.3, -0.25) is 9.00 Å². The molecule has 1 N–H and O–H groups in total. The van der Waals surface area contributed by atoms with Crippen LogP contribution >= 0.6 is 34.3 Å². The van der Waals surface area contributed by atoms with Gasteiger partial charge in [0.05, 0.1) is 11.4 Å². The monoisotopic (exact) mass is 410 g/mol. The van der Waals surface area contributed by atoms with Crippen molar-refractivity contribution in [2.24, 2.45) is 0 Å². The molecule has 25 heavy (non-hydrogen) atoms. The van der Waals surface area contributed by atoms with Crippen molar-refractivity contribution in [3.05, 3.63) is 56.7 Å². The third-order valence-electron chi connectivity index (χ3n) is 3.39. The van der Waals surface area contributed by atoms with Crippen LogP contribution in [0.15, 0.2) is 40.4 Å². The number of carbonyl (C=O) groups is 1. The summed E-state index contributed by atoms with van der Waals surface area (Å²) in [5, 5.41) is 10.1. The van der Waals surface area contributed by atoms with Crippen molar-refractivity contribution in [2.75, 3.05) is 11.1 Å². The van der Waals surface area contributed by atoms with Crippen molar-refractivity contribution < 1.29 is 9.00 Å². The van der Waals surface area contributed by atoms with Gasteiger partial charge in [-0.2, -0.15) is 11.3 Å². The number of carbonyl (C=O) groups excluding carboxylic acids is 1. The van der Waals surface area contributed by atoms with E-state index in [1.165, 1.54) is 11.3 Å². The van der Waals surface area contributed by atoms with Gasteiger partial charge in [-0.05, 0) is 36.1 Å². The molecule has 0 spiro atoms. The number of thiazole rings is 1. The third-order valence-corrected chi connectivity index (χ3v) is 6.45. The summed E-state index contributed by atoms with van der Waals surface area (Å²) in [6, 6.07) is 7.28. The predicted octanol–water partition coefficient (Wildman–Crippen LogP) is 4.72. The molecule has 0 fully saturated rings. The van der Waals surface area contributed by atoms with Gasteiger partial charge < -0.3 is 5.32 Å². The molecule has 0 bridgehead atoms. The maximum absolute atomic E-state index is 12.3. The number of anilines is 1. The maximum atomic E-state index is 12.3. The fraction of sp³-hybridized carbons (Fsp3) is 0.176. The number of benzene rings is 1. The molecule has 1 atom stereocenters. The summed E-state index contributed by atoms with van der Waals surface area (Å²) in [5.41, 5.74) is 3.36. The van der Waals surface area contributed by atoms with E-state index in [1.54, 1.807) is 23.5 Å². The summed E-state index contributed by atoms with van der Waals surface area (Å²) in [5.74, 6) is -0.100. The second-order valence-electron chi connectivity index (χ2n) is 5.39. The van der Waals surface area contributed by atoms with Crippen LogP contribution in [0.1, 0.15) is 11.3 Å². The van der Waals surface area contributed by atoms with Gasteiger partial charge in [0.25, 0.3) is 0 Å². The van der Waals surface area contributed by atoms with Crippen molar-refractivity contribution in [1.29, 1.82) is 0 Å². The molecule has 0 saturated heterocycles. The normalized spacial score (nSPS) is 12.1. The lowest BCUT2D eigenvalue weighted by Crippen LogP contribution is -2.20. The first-order valence-corrected chi connectivity index (χ1v) is 11.1. The fourth-order valence-electron chi connectivity index (χ4n) is 2.17. The molecule has 1 aromatic carbocycles. The first kappa shape index (κ1) is 18.3. The number of rotatable bonds is 6. The Morgan fingerprint density at radius 1 is 1.32 bits per heavy atom. The summed E-state index contributed by atoms with van der Waals surface area (Å²) < 4.78 is 12.3. The Bertz CT molecular complexity index is 907. The SMILES string of the molecule is Cc1ccc(Cl)cc1NC(=O)CS(=O)Cc1csc(-c2ccsc2)n1. The number of aromatic nitrogens is 1. The molecular weight excluding hydrogens is 396 g/mol. The smallest absolute Gasteiger partial charge is 0.237 e. The molecule has 1 unspecified atom stereocenters. The standard InChI is InChI=1S/C17H15ClN2O2S3/c1-11-2-3-13(18)6-15(11)20-16(21)10-25(22)9-14-8-24-17(19-14)12-4-5-23-7-12/h2-8H,9-10H2,1H3,(H,20,21). The molecule has 1 amide bonds. The Morgan fingerprint density at radius 2 is 2.16 bits per heavy atom. The molecule has 0 saturated carbocycles. The molecule has 130 valence electrons. The molecule has 4 nitrogen and oxygen atoms in total. The Balaban J connectivity index is 1.57.